The molecule has 0 saturated carbocycles. The molecular weight excluding hydrogens is 284 g/mol. The summed E-state index contributed by atoms with van der Waals surface area (Å²) < 4.78 is 0. The van der Waals surface area contributed by atoms with E-state index in [4.69, 9.17) is 11.6 Å². The third-order valence-electron chi connectivity index (χ3n) is 3.40. The van der Waals surface area contributed by atoms with Gasteiger partial charge in [-0.15, -0.1) is 0 Å². The Kier molecular flexibility index (Phi) is 5.23. The summed E-state index contributed by atoms with van der Waals surface area (Å²) in [6, 6.07) is 15.3. The highest BCUT2D eigenvalue weighted by Crippen LogP contribution is 2.17. The lowest BCUT2D eigenvalue weighted by Crippen LogP contribution is -2.36. The molecule has 2 N–H and O–H groups in total. The number of carbonyl (C=O) groups excluding carboxylic acids is 1. The van der Waals surface area contributed by atoms with Gasteiger partial charge in [0, 0.05) is 11.6 Å². The van der Waals surface area contributed by atoms with Gasteiger partial charge in [-0.2, -0.15) is 0 Å². The molecule has 0 aliphatic rings. The van der Waals surface area contributed by atoms with Crippen LogP contribution in [0.3, 0.4) is 0 Å². The second-order valence-electron chi connectivity index (χ2n) is 5.00. The number of hydrogen-bond donors (Lipinski definition) is 2. The number of carbonyl (C=O) groups is 1. The van der Waals surface area contributed by atoms with Crippen molar-refractivity contribution in [3.63, 3.8) is 0 Å². The Hall–Kier alpha value is -2.00. The molecule has 1 unspecified atom stereocenters. The van der Waals surface area contributed by atoms with Crippen molar-refractivity contribution in [2.24, 2.45) is 0 Å². The van der Waals surface area contributed by atoms with Gasteiger partial charge in [-0.25, -0.2) is 4.79 Å². The molecule has 3 nitrogen and oxygen atoms in total. The Balaban J connectivity index is 1.90. The molecule has 0 aliphatic heterocycles. The van der Waals surface area contributed by atoms with E-state index in [1.54, 1.807) is 0 Å². The van der Waals surface area contributed by atoms with E-state index < -0.39 is 0 Å². The molecular formula is C17H19ClN2O. The molecule has 0 heterocycles. The second kappa shape index (κ2) is 7.14. The van der Waals surface area contributed by atoms with Gasteiger partial charge in [0.1, 0.15) is 0 Å². The predicted octanol–water partition coefficient (Wildman–Crippen LogP) is 4.21. The van der Waals surface area contributed by atoms with Crippen molar-refractivity contribution in [2.45, 2.75) is 26.4 Å². The smallest absolute Gasteiger partial charge is 0.315 e. The molecule has 2 aromatic rings. The summed E-state index contributed by atoms with van der Waals surface area (Å²) in [5.41, 5.74) is 3.18. The minimum Gasteiger partial charge on any atom is -0.334 e. The maximum atomic E-state index is 12.0. The summed E-state index contributed by atoms with van der Waals surface area (Å²) in [6.45, 7) is 4.42. The van der Waals surface area contributed by atoms with Crippen LogP contribution in [0.5, 0.6) is 0 Å². The van der Waals surface area contributed by atoms with Gasteiger partial charge in [0.15, 0.2) is 0 Å². The van der Waals surface area contributed by atoms with Crippen LogP contribution in [-0.2, 0) is 6.54 Å². The lowest BCUT2D eigenvalue weighted by Gasteiger charge is -2.17. The van der Waals surface area contributed by atoms with E-state index in [9.17, 15) is 4.79 Å². The molecule has 0 fully saturated rings. The van der Waals surface area contributed by atoms with E-state index in [1.165, 1.54) is 0 Å². The van der Waals surface area contributed by atoms with Crippen molar-refractivity contribution in [2.75, 3.05) is 0 Å². The molecule has 0 radical (unpaired) electrons. The van der Waals surface area contributed by atoms with Crippen LogP contribution in [0.4, 0.5) is 4.79 Å². The first-order valence-corrected chi connectivity index (χ1v) is 7.29. The van der Waals surface area contributed by atoms with Gasteiger partial charge in [0.05, 0.1) is 6.04 Å². The van der Waals surface area contributed by atoms with Gasteiger partial charge in [0.2, 0.25) is 0 Å². The first-order valence-electron chi connectivity index (χ1n) is 6.91. The van der Waals surface area contributed by atoms with Crippen LogP contribution in [0.25, 0.3) is 0 Å². The van der Waals surface area contributed by atoms with Gasteiger partial charge in [-0.1, -0.05) is 54.1 Å². The monoisotopic (exact) mass is 302 g/mol. The minimum absolute atomic E-state index is 0.0440. The van der Waals surface area contributed by atoms with Crippen molar-refractivity contribution in [1.82, 2.24) is 10.6 Å². The third-order valence-corrected chi connectivity index (χ3v) is 3.77. The second-order valence-corrected chi connectivity index (χ2v) is 5.40. The SMILES string of the molecule is Cc1ccccc1C(C)NC(=O)NCc1ccccc1Cl. The number of rotatable bonds is 4. The van der Waals surface area contributed by atoms with Gasteiger partial charge in [-0.3, -0.25) is 0 Å². The topological polar surface area (TPSA) is 41.1 Å². The van der Waals surface area contributed by atoms with Crippen LogP contribution in [0, 0.1) is 6.92 Å². The number of aryl methyl sites for hydroxylation is 1. The summed E-state index contributed by atoms with van der Waals surface area (Å²) in [7, 11) is 0. The maximum Gasteiger partial charge on any atom is 0.315 e. The molecule has 0 saturated heterocycles. The first-order chi connectivity index (χ1) is 10.1. The fourth-order valence-electron chi connectivity index (χ4n) is 2.22. The molecule has 1 atom stereocenters. The van der Waals surface area contributed by atoms with Crippen LogP contribution in [0.1, 0.15) is 29.7 Å². The zero-order valence-electron chi connectivity index (χ0n) is 12.2. The summed E-state index contributed by atoms with van der Waals surface area (Å²) in [6.07, 6.45) is 0. The van der Waals surface area contributed by atoms with E-state index in [2.05, 4.69) is 10.6 Å². The van der Waals surface area contributed by atoms with E-state index in [0.29, 0.717) is 11.6 Å². The van der Waals surface area contributed by atoms with E-state index in [0.717, 1.165) is 16.7 Å². The summed E-state index contributed by atoms with van der Waals surface area (Å²) in [5.74, 6) is 0. The molecule has 2 aromatic carbocycles. The van der Waals surface area contributed by atoms with Crippen LogP contribution < -0.4 is 10.6 Å². The van der Waals surface area contributed by atoms with Gasteiger partial charge < -0.3 is 10.6 Å². The largest absolute Gasteiger partial charge is 0.334 e. The quantitative estimate of drug-likeness (QED) is 0.873. The van der Waals surface area contributed by atoms with Crippen molar-refractivity contribution in [1.29, 1.82) is 0 Å². The summed E-state index contributed by atoms with van der Waals surface area (Å²) >= 11 is 6.06. The highest BCUT2D eigenvalue weighted by molar-refractivity contribution is 6.31. The molecule has 0 aromatic heterocycles. The Morgan fingerprint density at radius 1 is 1.14 bits per heavy atom. The number of halogens is 1. The number of nitrogens with one attached hydrogen (secondary N) is 2. The molecule has 4 heteroatoms. The maximum absolute atomic E-state index is 12.0. The van der Waals surface area contributed by atoms with Crippen LogP contribution in [-0.4, -0.2) is 6.03 Å². The average Bonchev–Trinajstić information content (AvgIpc) is 2.46. The van der Waals surface area contributed by atoms with Crippen molar-refractivity contribution < 1.29 is 4.79 Å². The van der Waals surface area contributed by atoms with Gasteiger partial charge in [-0.05, 0) is 36.6 Å². The highest BCUT2D eigenvalue weighted by Gasteiger charge is 2.11. The van der Waals surface area contributed by atoms with Crippen molar-refractivity contribution in [3.05, 3.63) is 70.2 Å². The molecule has 2 rings (SSSR count). The Morgan fingerprint density at radius 3 is 2.52 bits per heavy atom. The standard InChI is InChI=1S/C17H19ClN2O/c1-12-7-3-5-9-15(12)13(2)20-17(21)19-11-14-8-4-6-10-16(14)18/h3-10,13H,11H2,1-2H3,(H2,19,20,21). The average molecular weight is 303 g/mol. The highest BCUT2D eigenvalue weighted by atomic mass is 35.5. The summed E-state index contributed by atoms with van der Waals surface area (Å²) in [5, 5.41) is 6.42. The molecule has 110 valence electrons. The Labute approximate surface area is 130 Å². The number of benzene rings is 2. The van der Waals surface area contributed by atoms with Crippen molar-refractivity contribution in [3.8, 4) is 0 Å². The number of amides is 2. The minimum atomic E-state index is -0.203. The fraction of sp³-hybridized carbons (Fsp3) is 0.235. The first kappa shape index (κ1) is 15.4. The van der Waals surface area contributed by atoms with E-state index in [1.807, 2.05) is 62.4 Å². The molecule has 21 heavy (non-hydrogen) atoms. The number of hydrogen-bond acceptors (Lipinski definition) is 1. The zero-order valence-corrected chi connectivity index (χ0v) is 12.9. The number of urea groups is 1. The van der Waals surface area contributed by atoms with Crippen molar-refractivity contribution >= 4 is 17.6 Å². The lowest BCUT2D eigenvalue weighted by molar-refractivity contribution is 0.237. The molecule has 2 amide bonds. The van der Waals surface area contributed by atoms with Crippen LogP contribution in [0.15, 0.2) is 48.5 Å². The Bertz CT molecular complexity index is 628. The van der Waals surface area contributed by atoms with E-state index in [-0.39, 0.29) is 12.1 Å². The fourth-order valence-corrected chi connectivity index (χ4v) is 2.42. The normalized spacial score (nSPS) is 11.8. The molecule has 0 aliphatic carbocycles. The van der Waals surface area contributed by atoms with E-state index >= 15 is 0 Å². The zero-order chi connectivity index (χ0) is 15.2. The summed E-state index contributed by atoms with van der Waals surface area (Å²) in [4.78, 5) is 12.0. The van der Waals surface area contributed by atoms with Gasteiger partial charge in [0.25, 0.3) is 0 Å². The van der Waals surface area contributed by atoms with Gasteiger partial charge >= 0.3 is 6.03 Å². The predicted molar refractivity (Wildman–Crippen MR) is 86.4 cm³/mol. The Morgan fingerprint density at radius 2 is 1.81 bits per heavy atom. The molecule has 0 bridgehead atoms. The lowest BCUT2D eigenvalue weighted by atomic mass is 10.0. The van der Waals surface area contributed by atoms with Crippen LogP contribution >= 0.6 is 11.6 Å². The molecule has 0 spiro atoms. The van der Waals surface area contributed by atoms with Crippen LogP contribution in [0.2, 0.25) is 5.02 Å². The third kappa shape index (κ3) is 4.23.